The van der Waals surface area contributed by atoms with E-state index in [2.05, 4.69) is 37.2 Å². The first kappa shape index (κ1) is 28.7. The van der Waals surface area contributed by atoms with E-state index in [9.17, 15) is 23.9 Å². The van der Waals surface area contributed by atoms with E-state index in [4.69, 9.17) is 33.3 Å². The number of hydrogen-bond donors (Lipinski definition) is 5. The molecule has 0 spiro atoms. The van der Waals surface area contributed by atoms with Crippen molar-refractivity contribution in [1.29, 1.82) is 0 Å². The Balaban J connectivity index is 1.28. The van der Waals surface area contributed by atoms with E-state index < -0.39 is 69.5 Å². The number of nitrogen functional groups attached to an aromatic ring is 1. The summed E-state index contributed by atoms with van der Waals surface area (Å²) in [6, 6.07) is 1.56. The smallest absolute Gasteiger partial charge is 0.472 e. The van der Waals surface area contributed by atoms with Crippen LogP contribution in [0.2, 0.25) is 0 Å². The molecule has 3 aromatic rings. The highest BCUT2D eigenvalue weighted by atomic mass is 32.7. The Morgan fingerprint density at radius 2 is 2.00 bits per heavy atom. The summed E-state index contributed by atoms with van der Waals surface area (Å²) in [6.07, 6.45) is -2.50. The Hall–Kier alpha value is -2.44. The number of fused-ring (bicyclic) bond motifs is 4. The molecule has 3 aliphatic rings. The van der Waals surface area contributed by atoms with Gasteiger partial charge >= 0.3 is 14.6 Å². The average Bonchev–Trinajstić information content (AvgIpc) is 3.57. The molecule has 2 bridgehead atoms. The highest BCUT2D eigenvalue weighted by molar-refractivity contribution is 8.44. The van der Waals surface area contributed by atoms with Crippen LogP contribution in [0.1, 0.15) is 19.1 Å². The quantitative estimate of drug-likeness (QED) is 0.195. The maximum absolute atomic E-state index is 13.4. The Labute approximate surface area is 235 Å². The van der Waals surface area contributed by atoms with Crippen molar-refractivity contribution in [3.05, 3.63) is 35.3 Å². The minimum atomic E-state index is -4.70. The molecule has 9 atom stereocenters. The average molecular weight is 633 g/mol. The van der Waals surface area contributed by atoms with Gasteiger partial charge in [0.25, 0.3) is 5.56 Å². The predicted molar refractivity (Wildman–Crippen MR) is 140 cm³/mol. The van der Waals surface area contributed by atoms with Gasteiger partial charge in [0, 0.05) is 24.6 Å². The first-order chi connectivity index (χ1) is 19.5. The number of nitrogens with zero attached hydrogens (tertiary/aromatic N) is 5. The van der Waals surface area contributed by atoms with Gasteiger partial charge in [-0.2, -0.15) is 4.98 Å². The van der Waals surface area contributed by atoms with E-state index in [0.717, 1.165) is 0 Å². The molecule has 222 valence electrons. The number of phosphoric ester groups is 1. The molecular formula is C20H25N7O11P2S. The molecule has 3 unspecified atom stereocenters. The molecule has 5 N–H and O–H groups in total. The van der Waals surface area contributed by atoms with Crippen molar-refractivity contribution in [3.8, 4) is 5.88 Å². The molecule has 6 rings (SSSR count). The number of aromatic nitrogens is 6. The topological polar surface area (TPSA) is 245 Å². The lowest BCUT2D eigenvalue weighted by atomic mass is 10.1. The molecule has 41 heavy (non-hydrogen) atoms. The first-order valence-electron chi connectivity index (χ1n) is 12.3. The lowest BCUT2D eigenvalue weighted by Gasteiger charge is -2.26. The number of phosphoric acid groups is 1. The number of aliphatic hydroxyl groups excluding tert-OH is 1. The van der Waals surface area contributed by atoms with E-state index in [0.29, 0.717) is 5.88 Å². The third-order valence-corrected chi connectivity index (χ3v) is 9.47. The zero-order valence-electron chi connectivity index (χ0n) is 20.9. The Kier molecular flexibility index (Phi) is 7.69. The second kappa shape index (κ2) is 11.0. The van der Waals surface area contributed by atoms with Crippen LogP contribution in [0.4, 0.5) is 5.95 Å². The molecule has 3 fully saturated rings. The maximum Gasteiger partial charge on any atom is 0.472 e. The summed E-state index contributed by atoms with van der Waals surface area (Å²) in [5.41, 5.74) is 4.95. The van der Waals surface area contributed by atoms with E-state index in [1.807, 2.05) is 0 Å². The van der Waals surface area contributed by atoms with Crippen molar-refractivity contribution < 1.29 is 46.7 Å². The number of thiol groups is 1. The van der Waals surface area contributed by atoms with Gasteiger partial charge in [0.1, 0.15) is 30.7 Å². The van der Waals surface area contributed by atoms with Crippen LogP contribution in [0.25, 0.3) is 11.2 Å². The van der Waals surface area contributed by atoms with Crippen LogP contribution >= 0.6 is 26.9 Å². The zero-order valence-corrected chi connectivity index (χ0v) is 23.6. The standard InChI is InChI=1S/C20H25N7O11P2S/c21-20-25-17-14(18(29)26-20)24-8-27(17)19-16-15(28)12(36-19)6-33-39(30,31)37-11-4-10(35-13-1-2-22-7-23-13)3-9(11)5-34-40(32,41)38-16/h1-2,7-12,15-16,19,28H,3-6H2,(H,30,31)(H,32,41)(H3,21,25,26,29)/t9-,10-,11+,12?,15-,16-,19-,40?/m1/s1. The minimum Gasteiger partial charge on any atom is -0.474 e. The van der Waals surface area contributed by atoms with Crippen LogP contribution in [0.5, 0.6) is 5.88 Å². The molecule has 5 heterocycles. The number of H-pyrrole nitrogens is 1. The number of nitrogens with one attached hydrogen (secondary N) is 1. The molecular weight excluding hydrogens is 608 g/mol. The van der Waals surface area contributed by atoms with Gasteiger partial charge in [-0.05, 0) is 6.42 Å². The molecule has 0 aromatic carbocycles. The van der Waals surface area contributed by atoms with E-state index in [1.165, 1.54) is 23.4 Å². The van der Waals surface area contributed by atoms with Crippen LogP contribution in [0, 0.1) is 5.92 Å². The maximum atomic E-state index is 13.4. The van der Waals surface area contributed by atoms with Gasteiger partial charge in [-0.3, -0.25) is 27.9 Å². The lowest BCUT2D eigenvalue weighted by Crippen LogP contribution is -2.35. The fourth-order valence-corrected chi connectivity index (χ4v) is 7.52. The van der Waals surface area contributed by atoms with E-state index in [-0.39, 0.29) is 36.6 Å². The molecule has 2 saturated heterocycles. The summed E-state index contributed by atoms with van der Waals surface area (Å²) in [4.78, 5) is 41.0. The van der Waals surface area contributed by atoms with Crippen LogP contribution in [0.15, 0.2) is 29.7 Å². The predicted octanol–water partition coefficient (Wildman–Crippen LogP) is 0.563. The molecule has 1 aliphatic carbocycles. The third-order valence-electron chi connectivity index (χ3n) is 6.84. The van der Waals surface area contributed by atoms with Gasteiger partial charge in [-0.25, -0.2) is 24.1 Å². The normalized spacial score (nSPS) is 38.1. The van der Waals surface area contributed by atoms with Crippen molar-refractivity contribution >= 4 is 44.0 Å². The highest BCUT2D eigenvalue weighted by Crippen LogP contribution is 2.58. The molecule has 18 nitrogen and oxygen atoms in total. The number of ether oxygens (including phenoxy) is 2. The second-order valence-electron chi connectivity index (χ2n) is 9.59. The lowest BCUT2D eigenvalue weighted by molar-refractivity contribution is -0.0533. The second-order valence-corrected chi connectivity index (χ2v) is 13.9. The Bertz CT molecular complexity index is 1580. The number of anilines is 1. The van der Waals surface area contributed by atoms with Gasteiger partial charge in [0.15, 0.2) is 17.4 Å². The van der Waals surface area contributed by atoms with Crippen LogP contribution in [-0.4, -0.2) is 83.2 Å². The fourth-order valence-electron chi connectivity index (χ4n) is 5.02. The Morgan fingerprint density at radius 1 is 1.17 bits per heavy atom. The summed E-state index contributed by atoms with van der Waals surface area (Å²) < 4.78 is 61.1. The number of imidazole rings is 1. The van der Waals surface area contributed by atoms with Crippen molar-refractivity contribution in [1.82, 2.24) is 29.5 Å². The third kappa shape index (κ3) is 6.06. The van der Waals surface area contributed by atoms with Crippen LogP contribution in [-0.2, 0) is 32.0 Å². The van der Waals surface area contributed by atoms with Gasteiger partial charge in [0.2, 0.25) is 11.8 Å². The Morgan fingerprint density at radius 3 is 2.78 bits per heavy atom. The van der Waals surface area contributed by atoms with Crippen LogP contribution in [0.3, 0.4) is 0 Å². The van der Waals surface area contributed by atoms with Crippen molar-refractivity contribution in [2.45, 2.75) is 49.6 Å². The summed E-state index contributed by atoms with van der Waals surface area (Å²) >= 11 is 4.09. The van der Waals surface area contributed by atoms with Gasteiger partial charge < -0.3 is 29.7 Å². The monoisotopic (exact) mass is 633 g/mol. The molecule has 0 amide bonds. The number of hydrogen-bond acceptors (Lipinski definition) is 15. The SMILES string of the molecule is Nc1nc2c(ncn2[C@@H]2OC3COP(=O)(O)O[C@H]4C[C@H](Oc5ccncn5)C[C@@H]4COP(=O)(S)O[C@@H]2[C@@H]3O)c(=O)[nH]1. The van der Waals surface area contributed by atoms with E-state index in [1.54, 1.807) is 6.07 Å². The first-order valence-corrected chi connectivity index (χ1v) is 16.5. The van der Waals surface area contributed by atoms with Gasteiger partial charge in [0.05, 0.1) is 25.6 Å². The fraction of sp³-hybridized carbons (Fsp3) is 0.550. The number of aliphatic hydroxyl groups is 1. The molecule has 0 radical (unpaired) electrons. The van der Waals surface area contributed by atoms with Crippen molar-refractivity contribution in [2.75, 3.05) is 18.9 Å². The van der Waals surface area contributed by atoms with Crippen molar-refractivity contribution in [3.63, 3.8) is 0 Å². The highest BCUT2D eigenvalue weighted by Gasteiger charge is 2.51. The molecule has 2 aliphatic heterocycles. The largest absolute Gasteiger partial charge is 0.474 e. The minimum absolute atomic E-state index is 0.0191. The zero-order chi connectivity index (χ0) is 28.9. The molecule has 3 aromatic heterocycles. The summed E-state index contributed by atoms with van der Waals surface area (Å²) in [5.74, 6) is -0.497. The summed E-state index contributed by atoms with van der Waals surface area (Å²) in [7, 11) is -4.70. The number of aromatic amines is 1. The van der Waals surface area contributed by atoms with E-state index >= 15 is 0 Å². The number of nitrogens with two attached hydrogens (primary N) is 1. The molecule has 1 saturated carbocycles. The number of rotatable bonds is 3. The summed E-state index contributed by atoms with van der Waals surface area (Å²) in [6.45, 7) is -5.09. The van der Waals surface area contributed by atoms with Crippen molar-refractivity contribution in [2.24, 2.45) is 5.92 Å². The summed E-state index contributed by atoms with van der Waals surface area (Å²) in [5, 5.41) is 11.0. The molecule has 21 heteroatoms. The van der Waals surface area contributed by atoms with Gasteiger partial charge in [-0.1, -0.05) is 12.2 Å². The van der Waals surface area contributed by atoms with Gasteiger partial charge in [-0.15, -0.1) is 0 Å². The van der Waals surface area contributed by atoms with Crippen LogP contribution < -0.4 is 16.0 Å².